The van der Waals surface area contributed by atoms with Crippen molar-refractivity contribution in [1.82, 2.24) is 10.5 Å². The molecule has 0 saturated carbocycles. The van der Waals surface area contributed by atoms with Gasteiger partial charge < -0.3 is 14.6 Å². The van der Waals surface area contributed by atoms with Crippen LogP contribution in [0.2, 0.25) is 5.02 Å². The van der Waals surface area contributed by atoms with Crippen molar-refractivity contribution in [2.24, 2.45) is 0 Å². The summed E-state index contributed by atoms with van der Waals surface area (Å²) < 4.78 is 10.6. The summed E-state index contributed by atoms with van der Waals surface area (Å²) >= 11 is 5.89. The van der Waals surface area contributed by atoms with Crippen LogP contribution in [0.4, 0.5) is 10.6 Å². The molecule has 0 spiro atoms. The number of rotatable bonds is 3. The molecule has 1 aromatic carbocycles. The summed E-state index contributed by atoms with van der Waals surface area (Å²) in [5.41, 5.74) is 0.990. The Morgan fingerprint density at radius 1 is 1.36 bits per heavy atom. The Hall–Kier alpha value is -2.05. The second-order valence-corrected chi connectivity index (χ2v) is 5.60. The maximum atomic E-state index is 12.0. The predicted molar refractivity (Wildman–Crippen MR) is 81.9 cm³/mol. The lowest BCUT2D eigenvalue weighted by molar-refractivity contribution is 0.100. The van der Waals surface area contributed by atoms with Crippen LogP contribution >= 0.6 is 11.6 Å². The van der Waals surface area contributed by atoms with Gasteiger partial charge in [0.1, 0.15) is 11.9 Å². The van der Waals surface area contributed by atoms with Gasteiger partial charge >= 0.3 is 6.03 Å². The van der Waals surface area contributed by atoms with E-state index in [1.807, 2.05) is 24.3 Å². The monoisotopic (exact) mass is 321 g/mol. The fourth-order valence-electron chi connectivity index (χ4n) is 2.46. The van der Waals surface area contributed by atoms with Gasteiger partial charge in [0.15, 0.2) is 5.82 Å². The minimum absolute atomic E-state index is 0.103. The molecule has 2 amide bonds. The highest BCUT2D eigenvalue weighted by atomic mass is 35.5. The van der Waals surface area contributed by atoms with Crippen LogP contribution in [0.25, 0.3) is 0 Å². The number of hydrogen-bond acceptors (Lipinski definition) is 4. The van der Waals surface area contributed by atoms with Crippen LogP contribution in [0.1, 0.15) is 23.8 Å². The van der Waals surface area contributed by atoms with E-state index in [1.54, 1.807) is 13.0 Å². The number of nitrogens with zero attached hydrogens (tertiary/aromatic N) is 1. The number of halogens is 1. The normalized spacial score (nSPS) is 20.8. The first-order valence-electron chi connectivity index (χ1n) is 7.00. The second kappa shape index (κ2) is 6.37. The molecule has 1 aliphatic heterocycles. The van der Waals surface area contributed by atoms with E-state index in [9.17, 15) is 4.79 Å². The number of carbonyl (C=O) groups excluding carboxylic acids is 1. The van der Waals surface area contributed by atoms with Crippen LogP contribution in [-0.2, 0) is 4.74 Å². The zero-order valence-corrected chi connectivity index (χ0v) is 12.8. The Morgan fingerprint density at radius 2 is 2.14 bits per heavy atom. The minimum atomic E-state index is -0.331. The average Bonchev–Trinajstić information content (AvgIpc) is 3.09. The van der Waals surface area contributed by atoms with Crippen molar-refractivity contribution in [3.05, 3.63) is 46.7 Å². The van der Waals surface area contributed by atoms with Crippen molar-refractivity contribution in [3.63, 3.8) is 0 Å². The van der Waals surface area contributed by atoms with E-state index in [4.69, 9.17) is 20.9 Å². The quantitative estimate of drug-likeness (QED) is 0.909. The van der Waals surface area contributed by atoms with E-state index in [1.165, 1.54) is 0 Å². The summed E-state index contributed by atoms with van der Waals surface area (Å²) in [4.78, 5) is 12.0. The molecule has 0 radical (unpaired) electrons. The van der Waals surface area contributed by atoms with E-state index in [-0.39, 0.29) is 18.2 Å². The first-order valence-corrected chi connectivity index (χ1v) is 7.37. The van der Waals surface area contributed by atoms with Crippen molar-refractivity contribution in [2.75, 3.05) is 11.9 Å². The molecule has 22 heavy (non-hydrogen) atoms. The summed E-state index contributed by atoms with van der Waals surface area (Å²) in [6, 6.07) is 8.66. The molecule has 6 nitrogen and oxygen atoms in total. The Kier molecular flexibility index (Phi) is 4.31. The lowest BCUT2D eigenvalue weighted by atomic mass is 10.0. The first kappa shape index (κ1) is 14.9. The van der Waals surface area contributed by atoms with E-state index < -0.39 is 0 Å². The van der Waals surface area contributed by atoms with Crippen molar-refractivity contribution in [3.8, 4) is 0 Å². The SMILES string of the molecule is Cc1cc(NC(=O)N[C@H]2CCO[C@@H]2c2ccc(Cl)cc2)no1. The molecule has 7 heteroatoms. The van der Waals surface area contributed by atoms with Gasteiger partial charge in [0.2, 0.25) is 0 Å². The van der Waals surface area contributed by atoms with Gasteiger partial charge in [-0.3, -0.25) is 5.32 Å². The number of amides is 2. The summed E-state index contributed by atoms with van der Waals surface area (Å²) in [5, 5.41) is 9.95. The Morgan fingerprint density at radius 3 is 2.82 bits per heavy atom. The first-order chi connectivity index (χ1) is 10.6. The minimum Gasteiger partial charge on any atom is -0.371 e. The highest BCUT2D eigenvalue weighted by molar-refractivity contribution is 6.30. The summed E-state index contributed by atoms with van der Waals surface area (Å²) in [5.74, 6) is 1.02. The van der Waals surface area contributed by atoms with Crippen LogP contribution in [0.3, 0.4) is 0 Å². The molecule has 0 aliphatic carbocycles. The molecule has 1 fully saturated rings. The summed E-state index contributed by atoms with van der Waals surface area (Å²) in [6.07, 6.45) is 0.570. The fourth-order valence-corrected chi connectivity index (χ4v) is 2.59. The molecule has 1 aromatic heterocycles. The number of ether oxygens (including phenoxy) is 1. The molecule has 2 heterocycles. The number of aryl methyl sites for hydroxylation is 1. The van der Waals surface area contributed by atoms with Crippen molar-refractivity contribution < 1.29 is 14.1 Å². The fraction of sp³-hybridized carbons (Fsp3) is 0.333. The Labute approximate surface area is 132 Å². The third-order valence-electron chi connectivity index (χ3n) is 3.48. The van der Waals surface area contributed by atoms with Crippen molar-refractivity contribution >= 4 is 23.4 Å². The number of nitrogens with one attached hydrogen (secondary N) is 2. The van der Waals surface area contributed by atoms with Gasteiger partial charge in [0.25, 0.3) is 0 Å². The number of carbonyl (C=O) groups is 1. The molecule has 2 atom stereocenters. The number of hydrogen-bond donors (Lipinski definition) is 2. The third kappa shape index (κ3) is 3.40. The van der Waals surface area contributed by atoms with Crippen LogP contribution in [-0.4, -0.2) is 23.8 Å². The topological polar surface area (TPSA) is 76.4 Å². The molecule has 3 rings (SSSR count). The number of benzene rings is 1. The van der Waals surface area contributed by atoms with Gasteiger partial charge in [-0.2, -0.15) is 0 Å². The number of anilines is 1. The summed E-state index contributed by atoms with van der Waals surface area (Å²) in [6.45, 7) is 2.36. The average molecular weight is 322 g/mol. The second-order valence-electron chi connectivity index (χ2n) is 5.16. The van der Waals surface area contributed by atoms with E-state index >= 15 is 0 Å². The highest BCUT2D eigenvalue weighted by Gasteiger charge is 2.31. The van der Waals surface area contributed by atoms with E-state index in [2.05, 4.69) is 15.8 Å². The molecule has 1 saturated heterocycles. The highest BCUT2D eigenvalue weighted by Crippen LogP contribution is 2.30. The lowest BCUT2D eigenvalue weighted by Gasteiger charge is -2.20. The van der Waals surface area contributed by atoms with Crippen LogP contribution in [0.5, 0.6) is 0 Å². The van der Waals surface area contributed by atoms with Crippen LogP contribution in [0.15, 0.2) is 34.9 Å². The van der Waals surface area contributed by atoms with Gasteiger partial charge in [0.05, 0.1) is 6.04 Å². The maximum Gasteiger partial charge on any atom is 0.320 e. The lowest BCUT2D eigenvalue weighted by Crippen LogP contribution is -2.39. The van der Waals surface area contributed by atoms with Gasteiger partial charge in [0, 0.05) is 17.7 Å². The molecular weight excluding hydrogens is 306 g/mol. The maximum absolute atomic E-state index is 12.0. The molecule has 2 aromatic rings. The molecule has 2 N–H and O–H groups in total. The number of aromatic nitrogens is 1. The van der Waals surface area contributed by atoms with Gasteiger partial charge in [-0.1, -0.05) is 28.9 Å². The third-order valence-corrected chi connectivity index (χ3v) is 3.73. The summed E-state index contributed by atoms with van der Waals surface area (Å²) in [7, 11) is 0. The van der Waals surface area contributed by atoms with E-state index in [0.717, 1.165) is 12.0 Å². The standard InChI is InChI=1S/C15H16ClN3O3/c1-9-8-13(19-22-9)18-15(20)17-12-6-7-21-14(12)10-2-4-11(16)5-3-10/h2-5,8,12,14H,6-7H2,1H3,(H2,17,18,19,20)/t12-,14+/m0/s1. The molecule has 0 bridgehead atoms. The predicted octanol–water partition coefficient (Wildman–Crippen LogP) is 3.29. The zero-order chi connectivity index (χ0) is 15.5. The van der Waals surface area contributed by atoms with Gasteiger partial charge in [-0.15, -0.1) is 0 Å². The smallest absolute Gasteiger partial charge is 0.320 e. The Bertz CT molecular complexity index is 656. The molecule has 1 aliphatic rings. The zero-order valence-electron chi connectivity index (χ0n) is 12.0. The van der Waals surface area contributed by atoms with Crippen LogP contribution < -0.4 is 10.6 Å². The number of urea groups is 1. The van der Waals surface area contributed by atoms with Crippen molar-refractivity contribution in [2.45, 2.75) is 25.5 Å². The Balaban J connectivity index is 1.63. The molecular formula is C15H16ClN3O3. The molecule has 116 valence electrons. The van der Waals surface area contributed by atoms with Crippen LogP contribution in [0, 0.1) is 6.92 Å². The van der Waals surface area contributed by atoms with Gasteiger partial charge in [-0.05, 0) is 31.0 Å². The molecule has 0 unspecified atom stereocenters. The largest absolute Gasteiger partial charge is 0.371 e. The van der Waals surface area contributed by atoms with Crippen molar-refractivity contribution in [1.29, 1.82) is 0 Å². The van der Waals surface area contributed by atoms with Gasteiger partial charge in [-0.25, -0.2) is 4.79 Å². The van der Waals surface area contributed by atoms with E-state index in [0.29, 0.717) is 23.2 Å².